The molecule has 0 radical (unpaired) electrons. The van der Waals surface area contributed by atoms with Crippen LogP contribution in [0.25, 0.3) is 0 Å². The lowest BCUT2D eigenvalue weighted by Gasteiger charge is -2.12. The second kappa shape index (κ2) is 5.66. The van der Waals surface area contributed by atoms with Gasteiger partial charge in [-0.05, 0) is 32.0 Å². The molecule has 0 saturated carbocycles. The van der Waals surface area contributed by atoms with Crippen molar-refractivity contribution < 1.29 is 9.53 Å². The normalized spacial score (nSPS) is 10.8. The molecule has 2 aromatic rings. The first-order chi connectivity index (χ1) is 9.45. The molecule has 6 heteroatoms. The van der Waals surface area contributed by atoms with Crippen LogP contribution in [-0.2, 0) is 0 Å². The highest BCUT2D eigenvalue weighted by Gasteiger charge is 2.24. The molecule has 0 aliphatic rings. The standard InChI is InChI=1S/C14H16BrN3O2/c1-8(2)18-13(12(20-3)7-17-18)14(19)10-6-9(15)4-5-11(10)16/h4-8H,16H2,1-3H3. The van der Waals surface area contributed by atoms with Crippen LogP contribution >= 0.6 is 15.9 Å². The van der Waals surface area contributed by atoms with E-state index < -0.39 is 0 Å². The number of carbonyl (C=O) groups is 1. The third-order valence-electron chi connectivity index (χ3n) is 2.95. The first-order valence-electron chi connectivity index (χ1n) is 6.17. The van der Waals surface area contributed by atoms with Crippen molar-refractivity contribution in [2.45, 2.75) is 19.9 Å². The number of nitrogen functional groups attached to an aromatic ring is 1. The average molecular weight is 338 g/mol. The summed E-state index contributed by atoms with van der Waals surface area (Å²) in [5, 5.41) is 4.20. The van der Waals surface area contributed by atoms with Crippen LogP contribution in [0.3, 0.4) is 0 Å². The van der Waals surface area contributed by atoms with Gasteiger partial charge in [-0.2, -0.15) is 5.10 Å². The molecule has 0 aliphatic heterocycles. The Hall–Kier alpha value is -1.82. The first-order valence-corrected chi connectivity index (χ1v) is 6.96. The summed E-state index contributed by atoms with van der Waals surface area (Å²) < 4.78 is 7.67. The van der Waals surface area contributed by atoms with E-state index in [0.29, 0.717) is 22.7 Å². The molecule has 0 saturated heterocycles. The maximum Gasteiger partial charge on any atom is 0.216 e. The molecule has 2 rings (SSSR count). The molecule has 20 heavy (non-hydrogen) atoms. The van der Waals surface area contributed by atoms with Gasteiger partial charge in [-0.3, -0.25) is 9.48 Å². The highest BCUT2D eigenvalue weighted by Crippen LogP contribution is 2.27. The maximum atomic E-state index is 12.7. The van der Waals surface area contributed by atoms with Crippen LogP contribution in [0.4, 0.5) is 5.69 Å². The molecule has 0 bridgehead atoms. The van der Waals surface area contributed by atoms with E-state index in [9.17, 15) is 4.79 Å². The Bertz CT molecular complexity index is 650. The monoisotopic (exact) mass is 337 g/mol. The van der Waals surface area contributed by atoms with Crippen LogP contribution in [0.2, 0.25) is 0 Å². The molecule has 106 valence electrons. The number of ether oxygens (including phenoxy) is 1. The highest BCUT2D eigenvalue weighted by molar-refractivity contribution is 9.10. The minimum atomic E-state index is -0.202. The van der Waals surface area contributed by atoms with E-state index in [-0.39, 0.29) is 11.8 Å². The Balaban J connectivity index is 2.58. The first kappa shape index (κ1) is 14.6. The van der Waals surface area contributed by atoms with Crippen molar-refractivity contribution in [1.29, 1.82) is 0 Å². The third-order valence-corrected chi connectivity index (χ3v) is 3.44. The molecule has 0 fully saturated rings. The average Bonchev–Trinajstić information content (AvgIpc) is 2.84. The molecule has 0 aliphatic carbocycles. The molecule has 1 aromatic carbocycles. The Labute approximate surface area is 125 Å². The van der Waals surface area contributed by atoms with E-state index in [1.54, 1.807) is 29.1 Å². The van der Waals surface area contributed by atoms with Crippen molar-refractivity contribution in [2.75, 3.05) is 12.8 Å². The number of nitrogens with two attached hydrogens (primary N) is 1. The van der Waals surface area contributed by atoms with Crippen molar-refractivity contribution in [3.63, 3.8) is 0 Å². The SMILES string of the molecule is COc1cnn(C(C)C)c1C(=O)c1cc(Br)ccc1N. The van der Waals surface area contributed by atoms with Crippen LogP contribution in [-0.4, -0.2) is 22.7 Å². The van der Waals surface area contributed by atoms with E-state index in [1.807, 2.05) is 13.8 Å². The van der Waals surface area contributed by atoms with Crippen molar-refractivity contribution >= 4 is 27.4 Å². The highest BCUT2D eigenvalue weighted by atomic mass is 79.9. The van der Waals surface area contributed by atoms with E-state index in [0.717, 1.165) is 4.47 Å². The van der Waals surface area contributed by atoms with Gasteiger partial charge in [0.15, 0.2) is 11.4 Å². The minimum absolute atomic E-state index is 0.0474. The second-order valence-corrected chi connectivity index (χ2v) is 5.58. The minimum Gasteiger partial charge on any atom is -0.493 e. The topological polar surface area (TPSA) is 70.1 Å². The number of rotatable bonds is 4. The van der Waals surface area contributed by atoms with Gasteiger partial charge in [-0.25, -0.2) is 0 Å². The molecule has 0 spiro atoms. The van der Waals surface area contributed by atoms with Gasteiger partial charge < -0.3 is 10.5 Å². The third kappa shape index (κ3) is 2.56. The molecular weight excluding hydrogens is 322 g/mol. The van der Waals surface area contributed by atoms with Crippen LogP contribution in [0.5, 0.6) is 5.75 Å². The Morgan fingerprint density at radius 1 is 1.45 bits per heavy atom. The molecule has 1 heterocycles. The summed E-state index contributed by atoms with van der Waals surface area (Å²) in [5.41, 5.74) is 7.17. The number of methoxy groups -OCH3 is 1. The zero-order valence-corrected chi connectivity index (χ0v) is 13.1. The van der Waals surface area contributed by atoms with Crippen LogP contribution < -0.4 is 10.5 Å². The number of carbonyl (C=O) groups excluding carboxylic acids is 1. The second-order valence-electron chi connectivity index (χ2n) is 4.66. The molecule has 0 amide bonds. The molecule has 5 nitrogen and oxygen atoms in total. The summed E-state index contributed by atoms with van der Waals surface area (Å²) in [6, 6.07) is 5.24. The Morgan fingerprint density at radius 3 is 2.75 bits per heavy atom. The van der Waals surface area contributed by atoms with Gasteiger partial charge >= 0.3 is 0 Å². The molecule has 0 unspecified atom stereocenters. The van der Waals surface area contributed by atoms with Crippen LogP contribution in [0, 0.1) is 0 Å². The Kier molecular flexibility index (Phi) is 4.13. The molecule has 0 atom stereocenters. The van der Waals surface area contributed by atoms with E-state index in [2.05, 4.69) is 21.0 Å². The molecular formula is C14H16BrN3O2. The van der Waals surface area contributed by atoms with Crippen LogP contribution in [0.1, 0.15) is 35.9 Å². The zero-order chi connectivity index (χ0) is 14.9. The summed E-state index contributed by atoms with van der Waals surface area (Å²) in [4.78, 5) is 12.7. The number of benzene rings is 1. The van der Waals surface area contributed by atoms with Gasteiger partial charge in [0.1, 0.15) is 0 Å². The Morgan fingerprint density at radius 2 is 2.15 bits per heavy atom. The largest absolute Gasteiger partial charge is 0.493 e. The van der Waals surface area contributed by atoms with Gasteiger partial charge in [0.25, 0.3) is 0 Å². The fraction of sp³-hybridized carbons (Fsp3) is 0.286. The number of hydrogen-bond acceptors (Lipinski definition) is 4. The summed E-state index contributed by atoms with van der Waals surface area (Å²) in [6.45, 7) is 3.90. The maximum absolute atomic E-state index is 12.7. The van der Waals surface area contributed by atoms with Crippen molar-refractivity contribution in [3.05, 3.63) is 40.1 Å². The predicted octanol–water partition coefficient (Wildman–Crippen LogP) is 3.05. The van der Waals surface area contributed by atoms with Crippen LogP contribution in [0.15, 0.2) is 28.9 Å². The summed E-state index contributed by atoms with van der Waals surface area (Å²) in [6.07, 6.45) is 1.54. The summed E-state index contributed by atoms with van der Waals surface area (Å²) in [7, 11) is 1.52. The summed E-state index contributed by atoms with van der Waals surface area (Å²) in [5.74, 6) is 0.245. The van der Waals surface area contributed by atoms with Gasteiger partial charge in [-0.15, -0.1) is 0 Å². The zero-order valence-electron chi connectivity index (χ0n) is 11.6. The van der Waals surface area contributed by atoms with E-state index >= 15 is 0 Å². The van der Waals surface area contributed by atoms with Gasteiger partial charge in [-0.1, -0.05) is 15.9 Å². The number of ketones is 1. The molecule has 2 N–H and O–H groups in total. The van der Waals surface area contributed by atoms with E-state index in [4.69, 9.17) is 10.5 Å². The quantitative estimate of drug-likeness (QED) is 0.687. The van der Waals surface area contributed by atoms with Gasteiger partial charge in [0, 0.05) is 21.8 Å². The number of nitrogens with zero attached hydrogens (tertiary/aromatic N) is 2. The lowest BCUT2D eigenvalue weighted by Crippen LogP contribution is -2.15. The van der Waals surface area contributed by atoms with Crippen molar-refractivity contribution in [1.82, 2.24) is 9.78 Å². The smallest absolute Gasteiger partial charge is 0.216 e. The number of hydrogen-bond donors (Lipinski definition) is 1. The number of halogens is 1. The van der Waals surface area contributed by atoms with E-state index in [1.165, 1.54) is 7.11 Å². The van der Waals surface area contributed by atoms with Crippen molar-refractivity contribution in [3.8, 4) is 5.75 Å². The fourth-order valence-electron chi connectivity index (χ4n) is 1.96. The lowest BCUT2D eigenvalue weighted by molar-refractivity contribution is 0.102. The number of aromatic nitrogens is 2. The lowest BCUT2D eigenvalue weighted by atomic mass is 10.1. The van der Waals surface area contributed by atoms with Gasteiger partial charge in [0.2, 0.25) is 5.78 Å². The van der Waals surface area contributed by atoms with Gasteiger partial charge in [0.05, 0.1) is 13.3 Å². The summed E-state index contributed by atoms with van der Waals surface area (Å²) >= 11 is 3.35. The number of anilines is 1. The fourth-order valence-corrected chi connectivity index (χ4v) is 2.32. The van der Waals surface area contributed by atoms with Crippen molar-refractivity contribution in [2.24, 2.45) is 0 Å². The molecule has 1 aromatic heterocycles. The predicted molar refractivity (Wildman–Crippen MR) is 81.2 cm³/mol.